The zero-order valence-electron chi connectivity index (χ0n) is 19.7. The Labute approximate surface area is 211 Å². The Morgan fingerprint density at radius 3 is 2.68 bits per heavy atom. The summed E-state index contributed by atoms with van der Waals surface area (Å²) in [6, 6.07) is 19.9. The topological polar surface area (TPSA) is 116 Å². The van der Waals surface area contributed by atoms with Crippen LogP contribution in [0.1, 0.15) is 5.56 Å². The van der Waals surface area contributed by atoms with E-state index in [1.807, 2.05) is 48.5 Å². The fourth-order valence-electron chi connectivity index (χ4n) is 4.42. The second-order valence-corrected chi connectivity index (χ2v) is 10.6. The molecule has 0 aliphatic rings. The molecule has 6 rings (SSSR count). The third-order valence-electron chi connectivity index (χ3n) is 6.09. The quantitative estimate of drug-likeness (QED) is 0.290. The maximum Gasteiger partial charge on any atom is 0.209 e. The lowest BCUT2D eigenvalue weighted by atomic mass is 9.99. The van der Waals surface area contributed by atoms with Gasteiger partial charge in [-0.25, -0.2) is 22.5 Å². The summed E-state index contributed by atoms with van der Waals surface area (Å²) < 4.78 is 39.9. The van der Waals surface area contributed by atoms with Crippen LogP contribution in [-0.4, -0.2) is 39.8 Å². The van der Waals surface area contributed by atoms with Gasteiger partial charge in [0.1, 0.15) is 17.0 Å². The average Bonchev–Trinajstić information content (AvgIpc) is 3.51. The molecule has 184 valence electrons. The first-order valence-electron chi connectivity index (χ1n) is 11.5. The summed E-state index contributed by atoms with van der Waals surface area (Å²) in [6.45, 7) is 0.00214. The minimum atomic E-state index is -3.40. The van der Waals surface area contributed by atoms with E-state index in [9.17, 15) is 12.8 Å². The van der Waals surface area contributed by atoms with Crippen LogP contribution < -0.4 is 4.72 Å². The number of hydrogen-bond donors (Lipinski definition) is 3. The maximum atomic E-state index is 14.5. The van der Waals surface area contributed by atoms with Crippen LogP contribution in [-0.2, 0) is 16.6 Å². The first-order chi connectivity index (χ1) is 17.8. The van der Waals surface area contributed by atoms with Gasteiger partial charge in [0.05, 0.1) is 23.2 Å². The molecule has 0 aliphatic carbocycles. The lowest BCUT2D eigenvalue weighted by molar-refractivity contribution is 0.586. The molecule has 2 aromatic carbocycles. The first kappa shape index (κ1) is 23.0. The largest absolute Gasteiger partial charge is 0.353 e. The van der Waals surface area contributed by atoms with E-state index in [1.54, 1.807) is 18.5 Å². The van der Waals surface area contributed by atoms with Crippen molar-refractivity contribution in [2.75, 3.05) is 6.26 Å². The zero-order chi connectivity index (χ0) is 25.6. The van der Waals surface area contributed by atoms with Crippen molar-refractivity contribution in [1.29, 1.82) is 0 Å². The van der Waals surface area contributed by atoms with E-state index in [2.05, 4.69) is 24.9 Å². The summed E-state index contributed by atoms with van der Waals surface area (Å²) in [5, 5.41) is 8.44. The molecule has 0 aliphatic heterocycles. The molecule has 4 aromatic heterocycles. The van der Waals surface area contributed by atoms with Gasteiger partial charge >= 0.3 is 0 Å². The van der Waals surface area contributed by atoms with Crippen molar-refractivity contribution in [3.8, 4) is 33.8 Å². The van der Waals surface area contributed by atoms with Crippen molar-refractivity contribution in [2.24, 2.45) is 0 Å². The van der Waals surface area contributed by atoms with Crippen molar-refractivity contribution in [3.05, 3.63) is 90.5 Å². The van der Waals surface area contributed by atoms with Gasteiger partial charge in [0, 0.05) is 35.4 Å². The standard InChI is InChI=1S/C27H21FN6O2S/c1-37(35,36)30-14-16-10-18(12-19(28)11-16)20-5-2-6-23-21(20)13-25(31-23)27-26-24(33-34-27)8-7-22(32-26)17-4-3-9-29-15-17/h2-13,15,30-31H,14H2,1H3,(H,33,34). The first-order valence-corrected chi connectivity index (χ1v) is 13.4. The van der Waals surface area contributed by atoms with Gasteiger partial charge in [-0.1, -0.05) is 12.1 Å². The Morgan fingerprint density at radius 1 is 0.973 bits per heavy atom. The molecule has 0 saturated heterocycles. The molecule has 0 unspecified atom stereocenters. The highest BCUT2D eigenvalue weighted by Crippen LogP contribution is 2.34. The van der Waals surface area contributed by atoms with Crippen molar-refractivity contribution < 1.29 is 12.8 Å². The molecule has 0 amide bonds. The number of aromatic amines is 2. The van der Waals surface area contributed by atoms with Crippen LogP contribution >= 0.6 is 0 Å². The summed E-state index contributed by atoms with van der Waals surface area (Å²) in [5.74, 6) is -0.444. The molecular formula is C27H21FN6O2S. The van der Waals surface area contributed by atoms with Crippen molar-refractivity contribution in [1.82, 2.24) is 29.9 Å². The Bertz CT molecular complexity index is 1880. The van der Waals surface area contributed by atoms with Crippen LogP contribution in [0.25, 0.3) is 55.7 Å². The minimum absolute atomic E-state index is 0.00214. The lowest BCUT2D eigenvalue weighted by Crippen LogP contribution is -2.21. The van der Waals surface area contributed by atoms with E-state index in [1.165, 1.54) is 12.1 Å². The molecule has 4 heterocycles. The minimum Gasteiger partial charge on any atom is -0.353 e. The molecule has 0 fully saturated rings. The van der Waals surface area contributed by atoms with Crippen LogP contribution in [0, 0.1) is 5.82 Å². The monoisotopic (exact) mass is 512 g/mol. The second-order valence-electron chi connectivity index (χ2n) is 8.80. The van der Waals surface area contributed by atoms with Crippen LogP contribution in [0.4, 0.5) is 4.39 Å². The third-order valence-corrected chi connectivity index (χ3v) is 6.76. The summed E-state index contributed by atoms with van der Waals surface area (Å²) in [6.07, 6.45) is 4.56. The molecule has 0 radical (unpaired) electrons. The molecule has 6 aromatic rings. The second kappa shape index (κ2) is 8.91. The summed E-state index contributed by atoms with van der Waals surface area (Å²) in [7, 11) is -3.40. The zero-order valence-corrected chi connectivity index (χ0v) is 20.5. The van der Waals surface area contributed by atoms with Crippen molar-refractivity contribution in [2.45, 2.75) is 6.54 Å². The lowest BCUT2D eigenvalue weighted by Gasteiger charge is -2.08. The number of benzene rings is 2. The van der Waals surface area contributed by atoms with Gasteiger partial charge in [0.15, 0.2) is 0 Å². The molecule has 0 bridgehead atoms. The Balaban J connectivity index is 1.44. The Kier molecular flexibility index (Phi) is 5.54. The maximum absolute atomic E-state index is 14.5. The van der Waals surface area contributed by atoms with Crippen LogP contribution in [0.3, 0.4) is 0 Å². The number of rotatable bonds is 6. The fourth-order valence-corrected chi connectivity index (χ4v) is 4.85. The number of pyridine rings is 2. The molecular weight excluding hydrogens is 491 g/mol. The molecule has 0 atom stereocenters. The van der Waals surface area contributed by atoms with Gasteiger partial charge in [-0.3, -0.25) is 10.1 Å². The van der Waals surface area contributed by atoms with E-state index < -0.39 is 15.8 Å². The smallest absolute Gasteiger partial charge is 0.209 e. The van der Waals surface area contributed by atoms with E-state index in [-0.39, 0.29) is 6.54 Å². The van der Waals surface area contributed by atoms with E-state index >= 15 is 0 Å². The molecule has 10 heteroatoms. The SMILES string of the molecule is CS(=O)(=O)NCc1cc(F)cc(-c2cccc3[nH]c(-c4n[nH]c5ccc(-c6cccnc6)nc45)cc23)c1. The molecule has 37 heavy (non-hydrogen) atoms. The normalized spacial score (nSPS) is 11.9. The number of sulfonamides is 1. The summed E-state index contributed by atoms with van der Waals surface area (Å²) >= 11 is 0. The molecule has 3 N–H and O–H groups in total. The number of aromatic nitrogens is 5. The Hall–Kier alpha value is -4.41. The van der Waals surface area contributed by atoms with Gasteiger partial charge in [-0.15, -0.1) is 0 Å². The molecule has 0 spiro atoms. The van der Waals surface area contributed by atoms with Gasteiger partial charge in [0.2, 0.25) is 10.0 Å². The van der Waals surface area contributed by atoms with E-state index in [0.29, 0.717) is 22.3 Å². The Morgan fingerprint density at radius 2 is 1.86 bits per heavy atom. The highest BCUT2D eigenvalue weighted by molar-refractivity contribution is 7.88. The number of fused-ring (bicyclic) bond motifs is 2. The predicted octanol–water partition coefficient (Wildman–Crippen LogP) is 5.02. The van der Waals surface area contributed by atoms with Crippen LogP contribution in [0.5, 0.6) is 0 Å². The van der Waals surface area contributed by atoms with Crippen LogP contribution in [0.15, 0.2) is 79.1 Å². The third kappa shape index (κ3) is 4.59. The number of nitrogens with one attached hydrogen (secondary N) is 3. The van der Waals surface area contributed by atoms with Crippen LogP contribution in [0.2, 0.25) is 0 Å². The summed E-state index contributed by atoms with van der Waals surface area (Å²) in [5.41, 5.74) is 7.47. The number of nitrogens with zero attached hydrogens (tertiary/aromatic N) is 3. The highest BCUT2D eigenvalue weighted by atomic mass is 32.2. The number of halogens is 1. The number of H-pyrrole nitrogens is 2. The van der Waals surface area contributed by atoms with E-state index in [0.717, 1.165) is 45.2 Å². The molecule has 0 saturated carbocycles. The van der Waals surface area contributed by atoms with E-state index in [4.69, 9.17) is 4.98 Å². The van der Waals surface area contributed by atoms with Crippen molar-refractivity contribution in [3.63, 3.8) is 0 Å². The average molecular weight is 513 g/mol. The number of hydrogen-bond acceptors (Lipinski definition) is 5. The van der Waals surface area contributed by atoms with Gasteiger partial charge in [-0.2, -0.15) is 5.10 Å². The fraction of sp³-hybridized carbons (Fsp3) is 0.0741. The predicted molar refractivity (Wildman–Crippen MR) is 141 cm³/mol. The van der Waals surface area contributed by atoms with Gasteiger partial charge < -0.3 is 4.98 Å². The summed E-state index contributed by atoms with van der Waals surface area (Å²) in [4.78, 5) is 12.4. The van der Waals surface area contributed by atoms with Gasteiger partial charge in [0.25, 0.3) is 0 Å². The van der Waals surface area contributed by atoms with Crippen molar-refractivity contribution >= 4 is 32.0 Å². The molecule has 8 nitrogen and oxygen atoms in total. The highest BCUT2D eigenvalue weighted by Gasteiger charge is 2.16. The van der Waals surface area contributed by atoms with Gasteiger partial charge in [-0.05, 0) is 71.3 Å².